The molecule has 0 radical (unpaired) electrons. The van der Waals surface area contributed by atoms with Crippen molar-refractivity contribution >= 4 is 11.8 Å². The van der Waals surface area contributed by atoms with Crippen LogP contribution in [0.4, 0.5) is 8.78 Å². The van der Waals surface area contributed by atoms with E-state index in [0.29, 0.717) is 17.9 Å². The van der Waals surface area contributed by atoms with E-state index in [4.69, 9.17) is 5.73 Å². The third-order valence-corrected chi connectivity index (χ3v) is 5.84. The van der Waals surface area contributed by atoms with Crippen LogP contribution in [0.1, 0.15) is 54.5 Å². The second-order valence-electron chi connectivity index (χ2n) is 9.16. The Kier molecular flexibility index (Phi) is 9.30. The third kappa shape index (κ3) is 6.89. The molecule has 9 heteroatoms. The molecular weight excluding hydrogens is 476 g/mol. The van der Waals surface area contributed by atoms with Crippen molar-refractivity contribution in [2.75, 3.05) is 13.1 Å². The number of carbonyl (C=O) groups is 2. The summed E-state index contributed by atoms with van der Waals surface area (Å²) < 4.78 is 29.4. The fourth-order valence-corrected chi connectivity index (χ4v) is 4.11. The van der Waals surface area contributed by atoms with E-state index >= 15 is 0 Å². The van der Waals surface area contributed by atoms with Crippen molar-refractivity contribution in [3.63, 3.8) is 0 Å². The molecule has 7 nitrogen and oxygen atoms in total. The molecule has 1 saturated heterocycles. The van der Waals surface area contributed by atoms with Crippen molar-refractivity contribution in [1.82, 2.24) is 20.5 Å². The van der Waals surface area contributed by atoms with Crippen LogP contribution < -0.4 is 16.4 Å². The van der Waals surface area contributed by atoms with Crippen LogP contribution >= 0.6 is 0 Å². The van der Waals surface area contributed by atoms with Gasteiger partial charge < -0.3 is 21.3 Å². The molecule has 0 aliphatic carbocycles. The Balaban J connectivity index is 1.96. The monoisotopic (exact) mass is 509 g/mol. The van der Waals surface area contributed by atoms with Crippen LogP contribution in [0.2, 0.25) is 0 Å². The number of halogens is 2. The number of nitrogens with one attached hydrogen (secondary N) is 2. The number of pyridine rings is 1. The fourth-order valence-electron chi connectivity index (χ4n) is 4.11. The summed E-state index contributed by atoms with van der Waals surface area (Å²) in [5.41, 5.74) is 6.91. The lowest BCUT2D eigenvalue weighted by Crippen LogP contribution is -2.43. The van der Waals surface area contributed by atoms with Gasteiger partial charge in [0.05, 0.1) is 17.1 Å². The van der Waals surface area contributed by atoms with Crippen LogP contribution in [-0.2, 0) is 0 Å². The van der Waals surface area contributed by atoms with Gasteiger partial charge >= 0.3 is 0 Å². The highest BCUT2D eigenvalue weighted by molar-refractivity contribution is 5.96. The standard InChI is InChI=1S/C28H33F2N5O2/c1-5-8-25(35-14-7-9-19(31)16-35)23(6-2)34-28(37)26-22(30)12-13-24(33-26)20-15-18(10-11-21(20)29)27(36)32-17(3)4/h5-6,8,10-13,15,17,19H,2,7,9,14,16,31H2,1,3-4H3,(H,32,36)(H,34,37)/b8-5-,25-23-/t19-/m0/s1. The number of nitrogens with two attached hydrogens (primary N) is 1. The number of allylic oxidation sites excluding steroid dienone is 3. The van der Waals surface area contributed by atoms with E-state index in [0.717, 1.165) is 31.5 Å². The molecule has 1 aliphatic rings. The average Bonchev–Trinajstić information content (AvgIpc) is 2.86. The lowest BCUT2D eigenvalue weighted by molar-refractivity contribution is 0.0938. The number of hydrogen-bond acceptors (Lipinski definition) is 5. The molecule has 196 valence electrons. The second kappa shape index (κ2) is 12.4. The predicted octanol–water partition coefficient (Wildman–Crippen LogP) is 4.29. The topological polar surface area (TPSA) is 100 Å². The maximum atomic E-state index is 14.7. The first-order chi connectivity index (χ1) is 17.6. The summed E-state index contributed by atoms with van der Waals surface area (Å²) in [6, 6.07) is 6.02. The van der Waals surface area contributed by atoms with E-state index in [1.54, 1.807) is 0 Å². The molecule has 1 aliphatic heterocycles. The van der Waals surface area contributed by atoms with Crippen LogP contribution in [0.3, 0.4) is 0 Å². The van der Waals surface area contributed by atoms with Crippen LogP contribution in [0, 0.1) is 11.6 Å². The molecule has 4 N–H and O–H groups in total. The summed E-state index contributed by atoms with van der Waals surface area (Å²) in [7, 11) is 0. The molecule has 37 heavy (non-hydrogen) atoms. The highest BCUT2D eigenvalue weighted by Crippen LogP contribution is 2.24. The highest BCUT2D eigenvalue weighted by Gasteiger charge is 2.22. The zero-order chi connectivity index (χ0) is 27.1. The molecule has 2 heterocycles. The molecule has 2 amide bonds. The van der Waals surface area contributed by atoms with Gasteiger partial charge in [0, 0.05) is 36.3 Å². The van der Waals surface area contributed by atoms with Crippen LogP contribution in [-0.4, -0.2) is 46.9 Å². The van der Waals surface area contributed by atoms with Crippen LogP contribution in [0.15, 0.2) is 66.5 Å². The number of nitrogens with zero attached hydrogens (tertiary/aromatic N) is 2. The Bertz CT molecular complexity index is 1240. The zero-order valence-corrected chi connectivity index (χ0v) is 21.4. The van der Waals surface area contributed by atoms with E-state index in [2.05, 4.69) is 27.1 Å². The maximum absolute atomic E-state index is 14.7. The maximum Gasteiger partial charge on any atom is 0.277 e. The van der Waals surface area contributed by atoms with E-state index in [1.807, 2.05) is 32.9 Å². The van der Waals surface area contributed by atoms with Gasteiger partial charge in [0.1, 0.15) is 5.82 Å². The van der Waals surface area contributed by atoms with Gasteiger partial charge in [0.25, 0.3) is 11.8 Å². The van der Waals surface area contributed by atoms with Crippen molar-refractivity contribution in [2.24, 2.45) is 5.73 Å². The molecule has 0 saturated carbocycles. The van der Waals surface area contributed by atoms with Gasteiger partial charge in [-0.2, -0.15) is 0 Å². The van der Waals surface area contributed by atoms with Crippen molar-refractivity contribution in [1.29, 1.82) is 0 Å². The third-order valence-electron chi connectivity index (χ3n) is 5.84. The molecule has 0 spiro atoms. The molecule has 1 aromatic carbocycles. The molecule has 1 aromatic heterocycles. The van der Waals surface area contributed by atoms with Crippen LogP contribution in [0.25, 0.3) is 11.3 Å². The van der Waals surface area contributed by atoms with Gasteiger partial charge in [-0.3, -0.25) is 9.59 Å². The van der Waals surface area contributed by atoms with Gasteiger partial charge in [-0.25, -0.2) is 13.8 Å². The summed E-state index contributed by atoms with van der Waals surface area (Å²) in [5, 5.41) is 5.43. The number of aromatic nitrogens is 1. The first-order valence-electron chi connectivity index (χ1n) is 12.2. The van der Waals surface area contributed by atoms with Crippen molar-refractivity contribution in [3.8, 4) is 11.3 Å². The molecule has 0 unspecified atom stereocenters. The lowest BCUT2D eigenvalue weighted by Gasteiger charge is -2.34. The van der Waals surface area contributed by atoms with E-state index in [1.165, 1.54) is 24.3 Å². The number of amides is 2. The van der Waals surface area contributed by atoms with Gasteiger partial charge in [0.2, 0.25) is 0 Å². The van der Waals surface area contributed by atoms with E-state index in [-0.39, 0.29) is 34.8 Å². The Labute approximate surface area is 216 Å². The predicted molar refractivity (Wildman–Crippen MR) is 140 cm³/mol. The normalized spacial score (nSPS) is 16.5. The SMILES string of the molecule is C=C/C(NC(=O)c1nc(-c2cc(C(=O)NC(C)C)ccc2F)ccc1F)=C(\C=C/C)N1CCC[C@H](N)C1. The zero-order valence-electron chi connectivity index (χ0n) is 21.4. The van der Waals surface area contributed by atoms with Gasteiger partial charge in [-0.1, -0.05) is 12.7 Å². The number of likely N-dealkylation sites (tertiary alicyclic amines) is 1. The number of carbonyl (C=O) groups excluding carboxylic acids is 2. The second-order valence-corrected chi connectivity index (χ2v) is 9.16. The highest BCUT2D eigenvalue weighted by atomic mass is 19.1. The number of benzene rings is 1. The smallest absolute Gasteiger partial charge is 0.277 e. The summed E-state index contributed by atoms with van der Waals surface area (Å²) in [6.07, 6.45) is 6.95. The minimum absolute atomic E-state index is 0.000143. The van der Waals surface area contributed by atoms with Crippen molar-refractivity contribution in [3.05, 3.63) is 89.4 Å². The van der Waals surface area contributed by atoms with Gasteiger partial charge in [-0.15, -0.1) is 0 Å². The number of rotatable bonds is 8. The van der Waals surface area contributed by atoms with Crippen molar-refractivity contribution in [2.45, 2.75) is 45.7 Å². The Morgan fingerprint density at radius 3 is 2.57 bits per heavy atom. The molecule has 1 fully saturated rings. The van der Waals surface area contributed by atoms with E-state index < -0.39 is 23.2 Å². The Hall–Kier alpha value is -3.85. The number of hydrogen-bond donors (Lipinski definition) is 3. The quantitative estimate of drug-likeness (QED) is 0.461. The lowest BCUT2D eigenvalue weighted by atomic mass is 10.0. The average molecular weight is 510 g/mol. The summed E-state index contributed by atoms with van der Waals surface area (Å²) in [5.74, 6) is -2.72. The number of piperidine rings is 1. The van der Waals surface area contributed by atoms with Crippen LogP contribution in [0.5, 0.6) is 0 Å². The fraction of sp³-hybridized carbons (Fsp3) is 0.321. The van der Waals surface area contributed by atoms with E-state index in [9.17, 15) is 18.4 Å². The Morgan fingerprint density at radius 1 is 1.19 bits per heavy atom. The summed E-state index contributed by atoms with van der Waals surface area (Å²) in [6.45, 7) is 10.6. The molecule has 1 atom stereocenters. The van der Waals surface area contributed by atoms with Crippen molar-refractivity contribution < 1.29 is 18.4 Å². The minimum atomic E-state index is -0.869. The van der Waals surface area contributed by atoms with Gasteiger partial charge in [-0.05, 0) is 76.1 Å². The molecule has 0 bridgehead atoms. The summed E-state index contributed by atoms with van der Waals surface area (Å²) in [4.78, 5) is 31.7. The minimum Gasteiger partial charge on any atom is -0.368 e. The first kappa shape index (κ1) is 27.7. The summed E-state index contributed by atoms with van der Waals surface area (Å²) >= 11 is 0. The largest absolute Gasteiger partial charge is 0.368 e. The molecule has 2 aromatic rings. The first-order valence-corrected chi connectivity index (χ1v) is 12.2. The Morgan fingerprint density at radius 2 is 1.92 bits per heavy atom. The molecule has 3 rings (SSSR count). The van der Waals surface area contributed by atoms with Gasteiger partial charge in [0.15, 0.2) is 11.5 Å². The molecular formula is C28H33F2N5O2.